The van der Waals surface area contributed by atoms with Crippen LogP contribution < -0.4 is 4.90 Å². The number of para-hydroxylation sites is 1. The second-order valence-corrected chi connectivity index (χ2v) is 15.7. The third-order valence-corrected chi connectivity index (χ3v) is 12.2. The number of anilines is 3. The predicted octanol–water partition coefficient (Wildman–Crippen LogP) is 16.7. The summed E-state index contributed by atoms with van der Waals surface area (Å²) in [5.74, 6) is 0. The molecule has 12 aromatic rings. The first kappa shape index (κ1) is 34.1. The molecule has 0 aliphatic carbocycles. The van der Waals surface area contributed by atoms with Gasteiger partial charge in [0.1, 0.15) is 11.2 Å². The zero-order valence-electron chi connectivity index (χ0n) is 32.7. The van der Waals surface area contributed by atoms with Gasteiger partial charge in [0.15, 0.2) is 0 Å². The van der Waals surface area contributed by atoms with E-state index in [1.165, 1.54) is 65.3 Å². The zero-order chi connectivity index (χ0) is 39.6. The summed E-state index contributed by atoms with van der Waals surface area (Å²) < 4.78 is 6.43. The van der Waals surface area contributed by atoms with Gasteiger partial charge in [-0.2, -0.15) is 0 Å². The van der Waals surface area contributed by atoms with Crippen LogP contribution in [0.4, 0.5) is 17.1 Å². The number of hydrogen-bond acceptors (Lipinski definition) is 2. The molecule has 0 radical (unpaired) electrons. The van der Waals surface area contributed by atoms with Crippen LogP contribution in [0.2, 0.25) is 0 Å². The summed E-state index contributed by atoms with van der Waals surface area (Å²) in [7, 11) is 0. The van der Waals surface area contributed by atoms with Crippen molar-refractivity contribution in [3.8, 4) is 33.4 Å². The Morgan fingerprint density at radius 3 is 1.75 bits per heavy atom. The van der Waals surface area contributed by atoms with Gasteiger partial charge < -0.3 is 9.32 Å². The fourth-order valence-electron chi connectivity index (χ4n) is 9.25. The van der Waals surface area contributed by atoms with Gasteiger partial charge in [-0.05, 0) is 132 Å². The predicted molar refractivity (Wildman–Crippen MR) is 255 cm³/mol. The smallest absolute Gasteiger partial charge is 0.136 e. The molecule has 11 aromatic carbocycles. The molecule has 0 aliphatic rings. The molecule has 60 heavy (non-hydrogen) atoms. The van der Waals surface area contributed by atoms with Crippen LogP contribution in [-0.4, -0.2) is 0 Å². The van der Waals surface area contributed by atoms with Crippen LogP contribution >= 0.6 is 0 Å². The number of nitrogens with zero attached hydrogens (tertiary/aromatic N) is 1. The maximum absolute atomic E-state index is 6.43. The molecule has 0 spiro atoms. The molecular weight excluding hydrogens is 727 g/mol. The molecule has 1 heterocycles. The third-order valence-electron chi connectivity index (χ3n) is 12.2. The van der Waals surface area contributed by atoms with Crippen molar-refractivity contribution in [2.45, 2.75) is 0 Å². The number of hydrogen-bond donors (Lipinski definition) is 0. The van der Waals surface area contributed by atoms with E-state index in [1.807, 2.05) is 0 Å². The highest BCUT2D eigenvalue weighted by atomic mass is 16.3. The minimum absolute atomic E-state index is 0.888. The molecule has 280 valence electrons. The van der Waals surface area contributed by atoms with Crippen LogP contribution in [0.15, 0.2) is 229 Å². The lowest BCUT2D eigenvalue weighted by Gasteiger charge is -2.28. The molecule has 2 heteroatoms. The number of furan rings is 1. The quantitative estimate of drug-likeness (QED) is 0.157. The Kier molecular flexibility index (Phi) is 7.89. The summed E-state index contributed by atoms with van der Waals surface area (Å²) >= 11 is 0. The molecular formula is C58H37NO. The number of rotatable bonds is 6. The lowest BCUT2D eigenvalue weighted by Crippen LogP contribution is -2.11. The maximum atomic E-state index is 6.43. The van der Waals surface area contributed by atoms with Gasteiger partial charge in [0.2, 0.25) is 0 Å². The second kappa shape index (κ2) is 13.9. The molecule has 2 nitrogen and oxygen atoms in total. The molecule has 0 unspecified atom stereocenters. The molecule has 1 aromatic heterocycles. The monoisotopic (exact) mass is 763 g/mol. The van der Waals surface area contributed by atoms with E-state index in [9.17, 15) is 0 Å². The number of fused-ring (bicyclic) bond motifs is 8. The standard InChI is InChI=1S/C58H37NO/c1-2-13-41-33-45(24-23-38(41)11-1)42-16-9-17-48(34-42)59(47-29-25-40(26-30-47)50-20-10-21-52-49-18-6-5-12-39(49)27-31-53(50)52)56-22-8-7-19-51(56)46-28-32-57-54(36-46)55-35-43-14-3-4-15-44(43)37-58(55)60-57/h1-37H. The molecule has 0 saturated heterocycles. The summed E-state index contributed by atoms with van der Waals surface area (Å²) in [6.07, 6.45) is 0. The van der Waals surface area contributed by atoms with Gasteiger partial charge in [0, 0.05) is 27.7 Å². The van der Waals surface area contributed by atoms with Gasteiger partial charge in [-0.15, -0.1) is 0 Å². The van der Waals surface area contributed by atoms with Gasteiger partial charge in [-0.25, -0.2) is 0 Å². The van der Waals surface area contributed by atoms with Gasteiger partial charge in [-0.1, -0.05) is 164 Å². The van der Waals surface area contributed by atoms with Gasteiger partial charge in [-0.3, -0.25) is 0 Å². The lowest BCUT2D eigenvalue weighted by atomic mass is 9.94. The summed E-state index contributed by atoms with van der Waals surface area (Å²) in [6.45, 7) is 0. The van der Waals surface area contributed by atoms with Gasteiger partial charge in [0.05, 0.1) is 5.69 Å². The van der Waals surface area contributed by atoms with Crippen molar-refractivity contribution < 1.29 is 4.42 Å². The Morgan fingerprint density at radius 1 is 0.267 bits per heavy atom. The molecule has 12 rings (SSSR count). The fraction of sp³-hybridized carbons (Fsp3) is 0. The second-order valence-electron chi connectivity index (χ2n) is 15.7. The first-order valence-corrected chi connectivity index (χ1v) is 20.6. The summed E-state index contributed by atoms with van der Waals surface area (Å²) in [5, 5.41) is 12.1. The average Bonchev–Trinajstić information content (AvgIpc) is 3.67. The Hall–Kier alpha value is -7.94. The van der Waals surface area contributed by atoms with E-state index in [2.05, 4.69) is 229 Å². The minimum atomic E-state index is 0.888. The summed E-state index contributed by atoms with van der Waals surface area (Å²) in [5.41, 5.74) is 12.1. The highest BCUT2D eigenvalue weighted by Gasteiger charge is 2.20. The van der Waals surface area contributed by atoms with E-state index < -0.39 is 0 Å². The van der Waals surface area contributed by atoms with Crippen molar-refractivity contribution in [3.05, 3.63) is 224 Å². The van der Waals surface area contributed by atoms with Crippen molar-refractivity contribution in [2.75, 3.05) is 4.90 Å². The molecule has 0 atom stereocenters. The van der Waals surface area contributed by atoms with E-state index in [0.717, 1.165) is 50.1 Å². The Bertz CT molecular complexity index is 3610. The van der Waals surface area contributed by atoms with Gasteiger partial charge in [0.25, 0.3) is 0 Å². The highest BCUT2D eigenvalue weighted by Crippen LogP contribution is 2.44. The van der Waals surface area contributed by atoms with Crippen molar-refractivity contribution >= 4 is 82.1 Å². The van der Waals surface area contributed by atoms with Gasteiger partial charge >= 0.3 is 0 Å². The topological polar surface area (TPSA) is 16.4 Å². The summed E-state index contributed by atoms with van der Waals surface area (Å²) in [6, 6.07) is 81.4. The van der Waals surface area contributed by atoms with E-state index in [4.69, 9.17) is 4.42 Å². The van der Waals surface area contributed by atoms with Crippen LogP contribution in [0.25, 0.3) is 98.4 Å². The van der Waals surface area contributed by atoms with E-state index in [-0.39, 0.29) is 0 Å². The van der Waals surface area contributed by atoms with Crippen LogP contribution in [-0.2, 0) is 0 Å². The normalized spacial score (nSPS) is 11.7. The summed E-state index contributed by atoms with van der Waals surface area (Å²) in [4.78, 5) is 2.41. The average molecular weight is 764 g/mol. The Balaban J connectivity index is 1.02. The SMILES string of the molecule is c1cc(-c2ccc3ccccc3c2)cc(N(c2ccc(-c3cccc4c3ccc3ccccc34)cc2)c2ccccc2-c2ccc3oc4cc5ccccc5cc4c3c2)c1. The third kappa shape index (κ3) is 5.73. The molecule has 0 bridgehead atoms. The van der Waals surface area contributed by atoms with Crippen LogP contribution in [0.3, 0.4) is 0 Å². The van der Waals surface area contributed by atoms with E-state index >= 15 is 0 Å². The molecule has 0 N–H and O–H groups in total. The Morgan fingerprint density at radius 2 is 0.883 bits per heavy atom. The van der Waals surface area contributed by atoms with Crippen molar-refractivity contribution in [3.63, 3.8) is 0 Å². The number of benzene rings is 11. The lowest BCUT2D eigenvalue weighted by molar-refractivity contribution is 0.669. The molecule has 0 fully saturated rings. The largest absolute Gasteiger partial charge is 0.456 e. The molecule has 0 amide bonds. The van der Waals surface area contributed by atoms with E-state index in [0.29, 0.717) is 0 Å². The van der Waals surface area contributed by atoms with Crippen molar-refractivity contribution in [2.24, 2.45) is 0 Å². The zero-order valence-corrected chi connectivity index (χ0v) is 32.7. The van der Waals surface area contributed by atoms with Crippen LogP contribution in [0.5, 0.6) is 0 Å². The van der Waals surface area contributed by atoms with Crippen LogP contribution in [0.1, 0.15) is 0 Å². The van der Waals surface area contributed by atoms with Crippen molar-refractivity contribution in [1.29, 1.82) is 0 Å². The molecule has 0 saturated carbocycles. The maximum Gasteiger partial charge on any atom is 0.136 e. The Labute approximate surface area is 347 Å². The first-order valence-electron chi connectivity index (χ1n) is 20.6. The molecule has 0 aliphatic heterocycles. The first-order chi connectivity index (χ1) is 29.7. The van der Waals surface area contributed by atoms with Crippen molar-refractivity contribution in [1.82, 2.24) is 0 Å². The fourth-order valence-corrected chi connectivity index (χ4v) is 9.25. The van der Waals surface area contributed by atoms with Crippen LogP contribution in [0, 0.1) is 0 Å². The van der Waals surface area contributed by atoms with E-state index in [1.54, 1.807) is 0 Å². The minimum Gasteiger partial charge on any atom is -0.456 e. The highest BCUT2D eigenvalue weighted by molar-refractivity contribution is 6.13.